The Morgan fingerprint density at radius 1 is 1.31 bits per heavy atom. The topological polar surface area (TPSA) is 62.0 Å². The lowest BCUT2D eigenvalue weighted by Crippen LogP contribution is -2.29. The average Bonchev–Trinajstić information content (AvgIpc) is 2.15. The maximum atomic E-state index is 8.79. The summed E-state index contributed by atoms with van der Waals surface area (Å²) in [7, 11) is 0.0379. The van der Waals surface area contributed by atoms with Gasteiger partial charge in [-0.2, -0.15) is 0 Å². The fourth-order valence-electron chi connectivity index (χ4n) is 0.868. The largest absolute Gasteiger partial charge is 0.488 e. The SMILES string of the molecule is CON=Cc1ccc(B(O)O)cc1. The van der Waals surface area contributed by atoms with Crippen molar-refractivity contribution in [3.8, 4) is 0 Å². The van der Waals surface area contributed by atoms with Gasteiger partial charge in [0.05, 0.1) is 6.21 Å². The van der Waals surface area contributed by atoms with Gasteiger partial charge in [-0.1, -0.05) is 29.4 Å². The van der Waals surface area contributed by atoms with Crippen LogP contribution >= 0.6 is 0 Å². The van der Waals surface area contributed by atoms with Gasteiger partial charge in [-0.15, -0.1) is 0 Å². The maximum Gasteiger partial charge on any atom is 0.488 e. The van der Waals surface area contributed by atoms with Crippen molar-refractivity contribution in [3.63, 3.8) is 0 Å². The molecule has 0 radical (unpaired) electrons. The molecule has 13 heavy (non-hydrogen) atoms. The molecule has 0 spiro atoms. The third kappa shape index (κ3) is 2.89. The second-order valence-corrected chi connectivity index (χ2v) is 2.46. The van der Waals surface area contributed by atoms with Gasteiger partial charge in [-0.05, 0) is 11.0 Å². The molecule has 1 rings (SSSR count). The molecule has 0 aliphatic heterocycles. The van der Waals surface area contributed by atoms with E-state index in [1.807, 2.05) is 0 Å². The number of benzene rings is 1. The number of nitrogens with zero attached hydrogens (tertiary/aromatic N) is 1. The highest BCUT2D eigenvalue weighted by molar-refractivity contribution is 6.58. The van der Waals surface area contributed by atoms with Gasteiger partial charge in [0, 0.05) is 0 Å². The first-order valence-electron chi connectivity index (χ1n) is 3.76. The molecule has 1 aromatic carbocycles. The third-order valence-corrected chi connectivity index (χ3v) is 1.54. The summed E-state index contributed by atoms with van der Waals surface area (Å²) in [4.78, 5) is 4.49. The number of hydrogen-bond acceptors (Lipinski definition) is 4. The fraction of sp³-hybridized carbons (Fsp3) is 0.125. The Morgan fingerprint density at radius 2 is 1.92 bits per heavy atom. The van der Waals surface area contributed by atoms with Crippen molar-refractivity contribution in [2.75, 3.05) is 7.11 Å². The van der Waals surface area contributed by atoms with E-state index in [0.29, 0.717) is 5.46 Å². The Hall–Kier alpha value is -1.33. The van der Waals surface area contributed by atoms with Crippen LogP contribution in [0.25, 0.3) is 0 Å². The molecule has 0 saturated heterocycles. The van der Waals surface area contributed by atoms with Crippen molar-refractivity contribution in [2.45, 2.75) is 0 Å². The Morgan fingerprint density at radius 3 is 2.38 bits per heavy atom. The van der Waals surface area contributed by atoms with Crippen LogP contribution in [-0.4, -0.2) is 30.5 Å². The Labute approximate surface area is 76.6 Å². The first kappa shape index (κ1) is 9.76. The van der Waals surface area contributed by atoms with Crippen LogP contribution in [0.2, 0.25) is 0 Å². The normalized spacial score (nSPS) is 10.4. The molecule has 0 fully saturated rings. The Bertz CT molecular complexity index is 284. The summed E-state index contributed by atoms with van der Waals surface area (Å²) in [5, 5.41) is 21.1. The van der Waals surface area contributed by atoms with Gasteiger partial charge in [0.15, 0.2) is 0 Å². The molecule has 0 aliphatic carbocycles. The van der Waals surface area contributed by atoms with Crippen LogP contribution in [0.1, 0.15) is 5.56 Å². The number of hydrogen-bond donors (Lipinski definition) is 2. The molecule has 0 heterocycles. The van der Waals surface area contributed by atoms with Gasteiger partial charge >= 0.3 is 7.12 Å². The van der Waals surface area contributed by atoms with E-state index >= 15 is 0 Å². The standard InChI is InChI=1S/C8H10BNO3/c1-13-10-6-7-2-4-8(5-3-7)9(11)12/h2-6,11-12H,1H3. The zero-order chi connectivity index (χ0) is 9.68. The predicted molar refractivity (Wildman–Crippen MR) is 50.9 cm³/mol. The molecule has 4 nitrogen and oxygen atoms in total. The van der Waals surface area contributed by atoms with Gasteiger partial charge < -0.3 is 14.9 Å². The molecule has 0 atom stereocenters. The van der Waals surface area contributed by atoms with E-state index in [1.54, 1.807) is 24.3 Å². The lowest BCUT2D eigenvalue weighted by molar-refractivity contribution is 0.215. The highest BCUT2D eigenvalue weighted by Gasteiger charge is 2.08. The van der Waals surface area contributed by atoms with Crippen molar-refractivity contribution in [1.82, 2.24) is 0 Å². The average molecular weight is 179 g/mol. The smallest absolute Gasteiger partial charge is 0.423 e. The summed E-state index contributed by atoms with van der Waals surface area (Å²) in [5.41, 5.74) is 1.29. The van der Waals surface area contributed by atoms with Crippen LogP contribution in [0.15, 0.2) is 29.4 Å². The summed E-state index contributed by atoms with van der Waals surface area (Å²) >= 11 is 0. The van der Waals surface area contributed by atoms with Crippen LogP contribution in [0.3, 0.4) is 0 Å². The summed E-state index contributed by atoms with van der Waals surface area (Å²) in [6.07, 6.45) is 1.54. The minimum Gasteiger partial charge on any atom is -0.423 e. The molecule has 0 aliphatic rings. The molecular formula is C8H10BNO3. The van der Waals surface area contributed by atoms with Crippen molar-refractivity contribution in [2.24, 2.45) is 5.16 Å². The molecular weight excluding hydrogens is 169 g/mol. The first-order valence-corrected chi connectivity index (χ1v) is 3.76. The van der Waals surface area contributed by atoms with Crippen molar-refractivity contribution in [3.05, 3.63) is 29.8 Å². The quantitative estimate of drug-likeness (QED) is 0.368. The van der Waals surface area contributed by atoms with E-state index in [2.05, 4.69) is 9.99 Å². The van der Waals surface area contributed by atoms with Gasteiger partial charge in [0.1, 0.15) is 7.11 Å². The lowest BCUT2D eigenvalue weighted by Gasteiger charge is -1.98. The second-order valence-electron chi connectivity index (χ2n) is 2.46. The van der Waals surface area contributed by atoms with Crippen LogP contribution in [0, 0.1) is 0 Å². The summed E-state index contributed by atoms with van der Waals surface area (Å²) in [5.74, 6) is 0. The predicted octanol–water partition coefficient (Wildman–Crippen LogP) is -0.653. The van der Waals surface area contributed by atoms with E-state index in [1.165, 1.54) is 13.3 Å². The van der Waals surface area contributed by atoms with E-state index in [0.717, 1.165) is 5.56 Å². The fourth-order valence-corrected chi connectivity index (χ4v) is 0.868. The Balaban J connectivity index is 2.75. The van der Waals surface area contributed by atoms with Gasteiger partial charge in [0.25, 0.3) is 0 Å². The molecule has 0 amide bonds. The molecule has 0 saturated carbocycles. The van der Waals surface area contributed by atoms with Crippen LogP contribution in [-0.2, 0) is 4.84 Å². The molecule has 5 heteroatoms. The minimum atomic E-state index is -1.42. The molecule has 1 aromatic rings. The zero-order valence-corrected chi connectivity index (χ0v) is 7.21. The summed E-state index contributed by atoms with van der Waals surface area (Å²) in [6, 6.07) is 6.66. The highest BCUT2D eigenvalue weighted by Crippen LogP contribution is 1.93. The zero-order valence-electron chi connectivity index (χ0n) is 7.21. The maximum absolute atomic E-state index is 8.79. The van der Waals surface area contributed by atoms with E-state index in [-0.39, 0.29) is 0 Å². The minimum absolute atomic E-state index is 0.453. The summed E-state index contributed by atoms with van der Waals surface area (Å²) in [6.45, 7) is 0. The highest BCUT2D eigenvalue weighted by atomic mass is 16.6. The van der Waals surface area contributed by atoms with E-state index in [4.69, 9.17) is 10.0 Å². The molecule has 68 valence electrons. The first-order chi connectivity index (χ1) is 6.24. The van der Waals surface area contributed by atoms with E-state index in [9.17, 15) is 0 Å². The van der Waals surface area contributed by atoms with Crippen LogP contribution in [0.4, 0.5) is 0 Å². The van der Waals surface area contributed by atoms with Crippen molar-refractivity contribution < 1.29 is 14.9 Å². The molecule has 0 bridgehead atoms. The number of rotatable bonds is 3. The third-order valence-electron chi connectivity index (χ3n) is 1.54. The molecule has 0 aromatic heterocycles. The van der Waals surface area contributed by atoms with Gasteiger partial charge in [-0.25, -0.2) is 0 Å². The lowest BCUT2D eigenvalue weighted by atomic mass is 9.80. The van der Waals surface area contributed by atoms with Crippen LogP contribution in [0.5, 0.6) is 0 Å². The van der Waals surface area contributed by atoms with Gasteiger partial charge in [0.2, 0.25) is 0 Å². The van der Waals surface area contributed by atoms with Crippen molar-refractivity contribution in [1.29, 1.82) is 0 Å². The second kappa shape index (κ2) is 4.64. The van der Waals surface area contributed by atoms with Crippen LogP contribution < -0.4 is 5.46 Å². The summed E-state index contributed by atoms with van der Waals surface area (Å²) < 4.78 is 0. The van der Waals surface area contributed by atoms with Crippen molar-refractivity contribution >= 4 is 18.8 Å². The Kier molecular flexibility index (Phi) is 3.48. The monoisotopic (exact) mass is 179 g/mol. The number of oxime groups is 1. The van der Waals surface area contributed by atoms with Gasteiger partial charge in [-0.3, -0.25) is 0 Å². The molecule has 0 unspecified atom stereocenters. The molecule has 2 N–H and O–H groups in total. The van der Waals surface area contributed by atoms with E-state index < -0.39 is 7.12 Å².